The molecule has 0 saturated heterocycles. The van der Waals surface area contributed by atoms with Crippen LogP contribution in [0.3, 0.4) is 0 Å². The summed E-state index contributed by atoms with van der Waals surface area (Å²) >= 11 is 5.44. The van der Waals surface area contributed by atoms with Crippen molar-refractivity contribution >= 4 is 17.6 Å². The molecular weight excluding hydrogens is 336 g/mol. The molecule has 0 fully saturated rings. The van der Waals surface area contributed by atoms with Gasteiger partial charge in [-0.2, -0.15) is 0 Å². The van der Waals surface area contributed by atoms with E-state index in [0.29, 0.717) is 6.42 Å². The summed E-state index contributed by atoms with van der Waals surface area (Å²) in [5.74, 6) is -0.137. The Labute approximate surface area is 160 Å². The molecular formula is C21H39ClO3. The van der Waals surface area contributed by atoms with E-state index in [4.69, 9.17) is 16.3 Å². The Kier molecular flexibility index (Phi) is 19.4. The van der Waals surface area contributed by atoms with Gasteiger partial charge in [-0.3, -0.25) is 4.79 Å². The van der Waals surface area contributed by atoms with Crippen LogP contribution < -0.4 is 0 Å². The van der Waals surface area contributed by atoms with Crippen molar-refractivity contribution in [1.29, 1.82) is 0 Å². The van der Waals surface area contributed by atoms with E-state index < -0.39 is 6.10 Å². The average Bonchev–Trinajstić information content (AvgIpc) is 2.62. The van der Waals surface area contributed by atoms with Crippen LogP contribution >= 0.6 is 11.6 Å². The molecule has 1 atom stereocenters. The van der Waals surface area contributed by atoms with Crippen molar-refractivity contribution in [2.24, 2.45) is 0 Å². The Morgan fingerprint density at radius 2 is 1.44 bits per heavy atom. The molecule has 0 unspecified atom stereocenters. The van der Waals surface area contributed by atoms with Crippen molar-refractivity contribution in [2.75, 3.05) is 12.5 Å². The Morgan fingerprint density at radius 3 is 2.00 bits per heavy atom. The van der Waals surface area contributed by atoms with Gasteiger partial charge in [0.05, 0.1) is 5.88 Å². The second-order valence-corrected chi connectivity index (χ2v) is 7.13. The standard InChI is InChI=1S/C21H39ClO3/c1-2-3-4-5-6-7-8-9-10-11-12-13-14-15-16-17-21(24)25-19-20(23)18-22/h9-10,20,23H,2-8,11-19H2,1H3/b10-9+/t20-/m1/s1. The minimum atomic E-state index is -0.750. The maximum Gasteiger partial charge on any atom is 0.305 e. The van der Waals surface area contributed by atoms with Crippen LogP contribution in [-0.4, -0.2) is 29.7 Å². The van der Waals surface area contributed by atoms with Gasteiger partial charge in [-0.05, 0) is 32.1 Å². The lowest BCUT2D eigenvalue weighted by atomic mass is 10.1. The van der Waals surface area contributed by atoms with Crippen LogP contribution in [0.2, 0.25) is 0 Å². The lowest BCUT2D eigenvalue weighted by Crippen LogP contribution is -2.19. The molecule has 0 aliphatic heterocycles. The van der Waals surface area contributed by atoms with Gasteiger partial charge < -0.3 is 9.84 Å². The third-order valence-corrected chi connectivity index (χ3v) is 4.61. The first-order valence-electron chi connectivity index (χ1n) is 10.2. The fourth-order valence-electron chi connectivity index (χ4n) is 2.65. The molecule has 25 heavy (non-hydrogen) atoms. The first-order valence-corrected chi connectivity index (χ1v) is 10.8. The predicted molar refractivity (Wildman–Crippen MR) is 107 cm³/mol. The highest BCUT2D eigenvalue weighted by Gasteiger charge is 2.07. The zero-order valence-electron chi connectivity index (χ0n) is 16.2. The normalized spacial score (nSPS) is 12.6. The number of unbranched alkanes of at least 4 members (excludes halogenated alkanes) is 11. The van der Waals surface area contributed by atoms with Crippen molar-refractivity contribution in [2.45, 2.75) is 103 Å². The highest BCUT2D eigenvalue weighted by molar-refractivity contribution is 6.18. The number of aliphatic hydroxyl groups is 1. The van der Waals surface area contributed by atoms with E-state index >= 15 is 0 Å². The van der Waals surface area contributed by atoms with Gasteiger partial charge in [-0.1, -0.05) is 70.4 Å². The topological polar surface area (TPSA) is 46.5 Å². The fraction of sp³-hybridized carbons (Fsp3) is 0.857. The number of aliphatic hydroxyl groups excluding tert-OH is 1. The summed E-state index contributed by atoms with van der Waals surface area (Å²) in [5.41, 5.74) is 0. The molecule has 0 heterocycles. The summed E-state index contributed by atoms with van der Waals surface area (Å²) in [6.45, 7) is 2.26. The smallest absolute Gasteiger partial charge is 0.305 e. The van der Waals surface area contributed by atoms with Crippen molar-refractivity contribution in [3.05, 3.63) is 12.2 Å². The number of carbonyl (C=O) groups excluding carboxylic acids is 1. The van der Waals surface area contributed by atoms with Crippen molar-refractivity contribution in [3.63, 3.8) is 0 Å². The zero-order valence-corrected chi connectivity index (χ0v) is 16.9. The van der Waals surface area contributed by atoms with Crippen LogP contribution in [0.5, 0.6) is 0 Å². The summed E-state index contributed by atoms with van der Waals surface area (Å²) in [4.78, 5) is 11.4. The van der Waals surface area contributed by atoms with Gasteiger partial charge in [0.15, 0.2) is 0 Å². The minimum Gasteiger partial charge on any atom is -0.463 e. The maximum atomic E-state index is 11.4. The molecule has 0 aromatic heterocycles. The third kappa shape index (κ3) is 19.6. The first kappa shape index (κ1) is 24.5. The molecule has 0 aliphatic rings. The largest absolute Gasteiger partial charge is 0.463 e. The van der Waals surface area contributed by atoms with Crippen LogP contribution in [0.15, 0.2) is 12.2 Å². The number of hydrogen-bond donors (Lipinski definition) is 1. The minimum absolute atomic E-state index is 0.00735. The Hall–Kier alpha value is -0.540. The second kappa shape index (κ2) is 19.8. The van der Waals surface area contributed by atoms with E-state index in [-0.39, 0.29) is 18.5 Å². The molecule has 1 N–H and O–H groups in total. The van der Waals surface area contributed by atoms with E-state index in [1.54, 1.807) is 0 Å². The highest BCUT2D eigenvalue weighted by Crippen LogP contribution is 2.10. The van der Waals surface area contributed by atoms with Gasteiger partial charge in [-0.15, -0.1) is 11.6 Å². The van der Waals surface area contributed by atoms with Gasteiger partial charge in [-0.25, -0.2) is 0 Å². The van der Waals surface area contributed by atoms with Gasteiger partial charge >= 0.3 is 5.97 Å². The molecule has 4 heteroatoms. The van der Waals surface area contributed by atoms with E-state index in [1.807, 2.05) is 0 Å². The van der Waals surface area contributed by atoms with Gasteiger partial charge in [0, 0.05) is 6.42 Å². The molecule has 0 spiro atoms. The molecule has 0 amide bonds. The molecule has 0 aromatic carbocycles. The molecule has 0 aliphatic carbocycles. The lowest BCUT2D eigenvalue weighted by Gasteiger charge is -2.07. The Balaban J connectivity index is 3.22. The average molecular weight is 375 g/mol. The Bertz CT molecular complexity index is 318. The number of ether oxygens (including phenoxy) is 1. The van der Waals surface area contributed by atoms with Crippen LogP contribution in [0, 0.1) is 0 Å². The van der Waals surface area contributed by atoms with Gasteiger partial charge in [0.1, 0.15) is 12.7 Å². The van der Waals surface area contributed by atoms with E-state index in [0.717, 1.165) is 12.8 Å². The van der Waals surface area contributed by atoms with Crippen LogP contribution in [0.25, 0.3) is 0 Å². The summed E-state index contributed by atoms with van der Waals surface area (Å²) in [6.07, 6.45) is 20.5. The first-order chi connectivity index (χ1) is 12.2. The summed E-state index contributed by atoms with van der Waals surface area (Å²) in [5, 5.41) is 9.20. The number of halogens is 1. The van der Waals surface area contributed by atoms with Gasteiger partial charge in [0.25, 0.3) is 0 Å². The van der Waals surface area contributed by atoms with Crippen molar-refractivity contribution in [1.82, 2.24) is 0 Å². The molecule has 0 aromatic rings. The number of carbonyl (C=O) groups is 1. The van der Waals surface area contributed by atoms with Crippen molar-refractivity contribution < 1.29 is 14.6 Å². The fourth-order valence-corrected chi connectivity index (χ4v) is 2.74. The zero-order chi connectivity index (χ0) is 18.6. The molecule has 3 nitrogen and oxygen atoms in total. The third-order valence-electron chi connectivity index (χ3n) is 4.26. The Morgan fingerprint density at radius 1 is 0.920 bits per heavy atom. The SMILES string of the molecule is CCCCCCCC/C=C/CCCCCCCC(=O)OC[C@H](O)CCl. The van der Waals surface area contributed by atoms with E-state index in [9.17, 15) is 9.90 Å². The number of alkyl halides is 1. The summed E-state index contributed by atoms with van der Waals surface area (Å²) in [6, 6.07) is 0. The van der Waals surface area contributed by atoms with Crippen LogP contribution in [0.4, 0.5) is 0 Å². The molecule has 0 radical (unpaired) electrons. The number of esters is 1. The maximum absolute atomic E-state index is 11.4. The monoisotopic (exact) mass is 374 g/mol. The lowest BCUT2D eigenvalue weighted by molar-refractivity contribution is -0.146. The van der Waals surface area contributed by atoms with Crippen molar-refractivity contribution in [3.8, 4) is 0 Å². The summed E-state index contributed by atoms with van der Waals surface area (Å²) < 4.78 is 4.93. The number of allylic oxidation sites excluding steroid dienone is 2. The summed E-state index contributed by atoms with van der Waals surface area (Å²) in [7, 11) is 0. The molecule has 0 rings (SSSR count). The van der Waals surface area contributed by atoms with Crippen LogP contribution in [-0.2, 0) is 9.53 Å². The predicted octanol–water partition coefficient (Wildman–Crippen LogP) is 6.17. The molecule has 0 bridgehead atoms. The van der Waals surface area contributed by atoms with Crippen LogP contribution in [0.1, 0.15) is 96.8 Å². The quantitative estimate of drug-likeness (QED) is 0.135. The molecule has 0 saturated carbocycles. The van der Waals surface area contributed by atoms with E-state index in [1.165, 1.54) is 70.6 Å². The van der Waals surface area contributed by atoms with Gasteiger partial charge in [0.2, 0.25) is 0 Å². The molecule has 148 valence electrons. The number of rotatable bonds is 18. The second-order valence-electron chi connectivity index (χ2n) is 6.83. The number of hydrogen-bond acceptors (Lipinski definition) is 3. The highest BCUT2D eigenvalue weighted by atomic mass is 35.5. The van der Waals surface area contributed by atoms with E-state index in [2.05, 4.69) is 19.1 Å².